The van der Waals surface area contributed by atoms with Crippen LogP contribution in [0.4, 0.5) is 11.4 Å². The molecule has 3 aromatic carbocycles. The Morgan fingerprint density at radius 1 is 0.970 bits per heavy atom. The molecule has 10 heteroatoms. The van der Waals surface area contributed by atoms with Crippen LogP contribution < -0.4 is 19.5 Å². The van der Waals surface area contributed by atoms with Crippen molar-refractivity contribution >= 4 is 50.7 Å². The molecule has 0 saturated heterocycles. The van der Waals surface area contributed by atoms with E-state index < -0.39 is 15.3 Å². The molecule has 2 N–H and O–H groups in total. The highest BCUT2D eigenvalue weighted by Gasteiger charge is 2.18. The van der Waals surface area contributed by atoms with E-state index in [1.807, 2.05) is 6.07 Å². The third-order valence-electron chi connectivity index (χ3n) is 4.59. The summed E-state index contributed by atoms with van der Waals surface area (Å²) in [5.74, 6) is 0.968. The van der Waals surface area contributed by atoms with Crippen LogP contribution in [0, 0.1) is 0 Å². The molecule has 174 valence electrons. The highest BCUT2D eigenvalue weighted by atomic mass is 35.5. The summed E-state index contributed by atoms with van der Waals surface area (Å²) in [5.41, 5.74) is 0.772. The van der Waals surface area contributed by atoms with E-state index in [0.29, 0.717) is 22.2 Å². The average Bonchev–Trinajstić information content (AvgIpc) is 2.80. The van der Waals surface area contributed by atoms with Gasteiger partial charge in [0.1, 0.15) is 0 Å². The van der Waals surface area contributed by atoms with E-state index in [1.165, 1.54) is 36.0 Å². The predicted molar refractivity (Wildman–Crippen MR) is 132 cm³/mol. The van der Waals surface area contributed by atoms with E-state index in [1.54, 1.807) is 57.5 Å². The Hall–Kier alpha value is -2.88. The number of carbonyl (C=O) groups excluding carboxylic acids is 1. The minimum Gasteiger partial charge on any atom is -0.493 e. The van der Waals surface area contributed by atoms with Crippen molar-refractivity contribution in [2.45, 2.75) is 22.0 Å². The molecule has 0 aromatic heterocycles. The molecule has 0 saturated carbocycles. The number of ether oxygens (including phenoxy) is 2. The number of halogens is 1. The van der Waals surface area contributed by atoms with Crippen molar-refractivity contribution < 1.29 is 22.7 Å². The van der Waals surface area contributed by atoms with Crippen molar-refractivity contribution in [2.24, 2.45) is 0 Å². The van der Waals surface area contributed by atoms with Crippen molar-refractivity contribution in [3.63, 3.8) is 0 Å². The maximum atomic E-state index is 12.6. The lowest BCUT2D eigenvalue weighted by molar-refractivity contribution is -0.115. The van der Waals surface area contributed by atoms with Gasteiger partial charge in [0.2, 0.25) is 5.91 Å². The number of hydrogen-bond donors (Lipinski definition) is 2. The summed E-state index contributed by atoms with van der Waals surface area (Å²) in [6.45, 7) is 1.78. The Labute approximate surface area is 202 Å². The van der Waals surface area contributed by atoms with Gasteiger partial charge in [0, 0.05) is 10.6 Å². The number of rotatable bonds is 9. The Balaban J connectivity index is 1.64. The molecule has 7 nitrogen and oxygen atoms in total. The fourth-order valence-corrected chi connectivity index (χ4v) is 5.07. The second kappa shape index (κ2) is 10.8. The van der Waals surface area contributed by atoms with Gasteiger partial charge in [-0.15, -0.1) is 11.8 Å². The monoisotopic (exact) mass is 506 g/mol. The minimum atomic E-state index is -3.82. The zero-order valence-electron chi connectivity index (χ0n) is 18.2. The van der Waals surface area contributed by atoms with Gasteiger partial charge < -0.3 is 14.8 Å². The van der Waals surface area contributed by atoms with E-state index in [0.717, 1.165) is 4.90 Å². The average molecular weight is 507 g/mol. The van der Waals surface area contributed by atoms with E-state index in [2.05, 4.69) is 10.0 Å². The van der Waals surface area contributed by atoms with Crippen molar-refractivity contribution in [1.29, 1.82) is 0 Å². The maximum Gasteiger partial charge on any atom is 0.261 e. The maximum absolute atomic E-state index is 12.6. The third kappa shape index (κ3) is 6.34. The lowest BCUT2D eigenvalue weighted by Crippen LogP contribution is -2.22. The molecule has 3 rings (SSSR count). The van der Waals surface area contributed by atoms with Gasteiger partial charge in [-0.3, -0.25) is 9.52 Å². The zero-order chi connectivity index (χ0) is 24.0. The lowest BCUT2D eigenvalue weighted by Gasteiger charge is -2.14. The van der Waals surface area contributed by atoms with Crippen LogP contribution in [0.5, 0.6) is 11.5 Å². The molecular formula is C23H23ClN2O5S2. The predicted octanol–water partition coefficient (Wildman–Crippen LogP) is 5.28. The molecule has 3 aromatic rings. The largest absolute Gasteiger partial charge is 0.493 e. The number of methoxy groups -OCH3 is 2. The first-order chi connectivity index (χ1) is 15.7. The summed E-state index contributed by atoms with van der Waals surface area (Å²) < 4.78 is 38.2. The fourth-order valence-electron chi connectivity index (χ4n) is 2.86. The van der Waals surface area contributed by atoms with Gasteiger partial charge in [-0.2, -0.15) is 0 Å². The third-order valence-corrected chi connectivity index (χ3v) is 7.39. The number of carbonyl (C=O) groups is 1. The van der Waals surface area contributed by atoms with Gasteiger partial charge in [-0.05, 0) is 61.5 Å². The number of para-hydroxylation sites is 1. The van der Waals surface area contributed by atoms with Crippen LogP contribution in [0.1, 0.15) is 6.92 Å². The molecule has 0 bridgehead atoms. The Morgan fingerprint density at radius 3 is 2.27 bits per heavy atom. The van der Waals surface area contributed by atoms with Crippen LogP contribution >= 0.6 is 23.4 Å². The number of hydrogen-bond acceptors (Lipinski definition) is 6. The Bertz CT molecular complexity index is 1230. The van der Waals surface area contributed by atoms with Gasteiger partial charge in [-0.25, -0.2) is 8.42 Å². The van der Waals surface area contributed by atoms with Crippen LogP contribution in [-0.2, 0) is 14.8 Å². The molecule has 1 amide bonds. The normalized spacial score (nSPS) is 12.0. The summed E-state index contributed by atoms with van der Waals surface area (Å²) >= 11 is 7.39. The first kappa shape index (κ1) is 24.8. The molecular weight excluding hydrogens is 484 g/mol. The Morgan fingerprint density at radius 2 is 1.64 bits per heavy atom. The second-order valence-electron chi connectivity index (χ2n) is 6.88. The quantitative estimate of drug-likeness (QED) is 0.384. The lowest BCUT2D eigenvalue weighted by atomic mass is 10.3. The molecule has 1 atom stereocenters. The summed E-state index contributed by atoms with van der Waals surface area (Å²) in [5, 5.41) is 2.69. The van der Waals surface area contributed by atoms with Gasteiger partial charge in [-0.1, -0.05) is 23.7 Å². The fraction of sp³-hybridized carbons (Fsp3) is 0.174. The van der Waals surface area contributed by atoms with Crippen LogP contribution in [0.15, 0.2) is 76.5 Å². The highest BCUT2D eigenvalue weighted by molar-refractivity contribution is 8.00. The molecule has 0 heterocycles. The van der Waals surface area contributed by atoms with Crippen LogP contribution in [0.2, 0.25) is 5.02 Å². The minimum absolute atomic E-state index is 0.0492. The molecule has 0 fully saturated rings. The van der Waals surface area contributed by atoms with Crippen LogP contribution in [-0.4, -0.2) is 33.8 Å². The van der Waals surface area contributed by atoms with Gasteiger partial charge in [0.25, 0.3) is 10.0 Å². The van der Waals surface area contributed by atoms with E-state index in [-0.39, 0.29) is 16.5 Å². The number of thioether (sulfide) groups is 1. The smallest absolute Gasteiger partial charge is 0.261 e. The molecule has 0 radical (unpaired) electrons. The van der Waals surface area contributed by atoms with Crippen molar-refractivity contribution in [3.8, 4) is 11.5 Å². The van der Waals surface area contributed by atoms with Gasteiger partial charge in [0.15, 0.2) is 11.5 Å². The van der Waals surface area contributed by atoms with Crippen molar-refractivity contribution in [3.05, 3.63) is 71.8 Å². The standard InChI is InChI=1S/C23H23ClN2O5S2/c1-15(32-17-10-13-21(30-2)22(14-17)31-3)23(27)25-16-8-11-18(12-9-16)33(28,29)26-20-7-5-4-6-19(20)24/h4-15,26H,1-3H3,(H,25,27). The summed E-state index contributed by atoms with van der Waals surface area (Å²) in [7, 11) is -0.712. The van der Waals surface area contributed by atoms with Gasteiger partial charge in [0.05, 0.1) is 35.1 Å². The topological polar surface area (TPSA) is 93.7 Å². The molecule has 0 aliphatic rings. The molecule has 0 aliphatic carbocycles. The van der Waals surface area contributed by atoms with E-state index >= 15 is 0 Å². The van der Waals surface area contributed by atoms with Crippen LogP contribution in [0.25, 0.3) is 0 Å². The Kier molecular flexibility index (Phi) is 8.12. The first-order valence-electron chi connectivity index (χ1n) is 9.80. The molecule has 33 heavy (non-hydrogen) atoms. The number of benzene rings is 3. The molecule has 0 spiro atoms. The van der Waals surface area contributed by atoms with E-state index in [4.69, 9.17) is 21.1 Å². The second-order valence-corrected chi connectivity index (χ2v) is 10.4. The van der Waals surface area contributed by atoms with Crippen molar-refractivity contribution in [1.82, 2.24) is 0 Å². The molecule has 0 aliphatic heterocycles. The number of anilines is 2. The zero-order valence-corrected chi connectivity index (χ0v) is 20.6. The number of amides is 1. The SMILES string of the molecule is COc1ccc(SC(C)C(=O)Nc2ccc(S(=O)(=O)Nc3ccccc3Cl)cc2)cc1OC. The van der Waals surface area contributed by atoms with Crippen LogP contribution in [0.3, 0.4) is 0 Å². The number of sulfonamides is 1. The number of nitrogens with one attached hydrogen (secondary N) is 2. The summed E-state index contributed by atoms with van der Waals surface area (Å²) in [6, 6.07) is 17.9. The summed E-state index contributed by atoms with van der Waals surface area (Å²) in [6.07, 6.45) is 0. The first-order valence-corrected chi connectivity index (χ1v) is 12.5. The highest BCUT2D eigenvalue weighted by Crippen LogP contribution is 2.34. The molecule has 1 unspecified atom stereocenters. The van der Waals surface area contributed by atoms with E-state index in [9.17, 15) is 13.2 Å². The van der Waals surface area contributed by atoms with Gasteiger partial charge >= 0.3 is 0 Å². The van der Waals surface area contributed by atoms with Crippen molar-refractivity contribution in [2.75, 3.05) is 24.3 Å². The summed E-state index contributed by atoms with van der Waals surface area (Å²) in [4.78, 5) is 13.5.